The number of benzene rings is 1. The molecular formula is C18H20N4O3. The minimum atomic E-state index is -0.564. The second kappa shape index (κ2) is 7.62. The second-order valence-corrected chi connectivity index (χ2v) is 5.69. The van der Waals surface area contributed by atoms with Crippen molar-refractivity contribution in [3.05, 3.63) is 57.0 Å². The van der Waals surface area contributed by atoms with Crippen LogP contribution in [0.25, 0.3) is 0 Å². The largest absolute Gasteiger partial charge is 0.496 e. The van der Waals surface area contributed by atoms with Crippen molar-refractivity contribution in [3.8, 4) is 11.8 Å². The third-order valence-electron chi connectivity index (χ3n) is 4.02. The summed E-state index contributed by atoms with van der Waals surface area (Å²) in [6.07, 6.45) is 0. The highest BCUT2D eigenvalue weighted by Gasteiger charge is 2.17. The van der Waals surface area contributed by atoms with Gasteiger partial charge in [0.1, 0.15) is 23.9 Å². The summed E-state index contributed by atoms with van der Waals surface area (Å²) >= 11 is 0. The Labute approximate surface area is 145 Å². The molecule has 0 aliphatic carbocycles. The van der Waals surface area contributed by atoms with Crippen molar-refractivity contribution in [2.75, 3.05) is 7.11 Å². The first kappa shape index (κ1) is 18.2. The highest BCUT2D eigenvalue weighted by atomic mass is 16.5. The molecule has 0 spiro atoms. The lowest BCUT2D eigenvalue weighted by molar-refractivity contribution is -0.122. The number of ether oxygens (including phenoxy) is 1. The summed E-state index contributed by atoms with van der Waals surface area (Å²) in [4.78, 5) is 24.6. The van der Waals surface area contributed by atoms with Crippen molar-refractivity contribution in [1.82, 2.24) is 15.1 Å². The number of rotatable bonds is 5. The van der Waals surface area contributed by atoms with Gasteiger partial charge in [-0.15, -0.1) is 0 Å². The molecule has 1 heterocycles. The lowest BCUT2D eigenvalue weighted by atomic mass is 10.1. The van der Waals surface area contributed by atoms with Crippen molar-refractivity contribution in [2.24, 2.45) is 0 Å². The summed E-state index contributed by atoms with van der Waals surface area (Å²) < 4.78 is 6.31. The van der Waals surface area contributed by atoms with E-state index in [9.17, 15) is 9.59 Å². The lowest BCUT2D eigenvalue weighted by Crippen LogP contribution is -2.36. The normalized spacial score (nSPS) is 11.5. The van der Waals surface area contributed by atoms with E-state index in [0.29, 0.717) is 17.0 Å². The van der Waals surface area contributed by atoms with Crippen LogP contribution >= 0.6 is 0 Å². The Morgan fingerprint density at radius 3 is 2.72 bits per heavy atom. The third-order valence-corrected chi connectivity index (χ3v) is 4.02. The maximum absolute atomic E-state index is 12.3. The zero-order chi connectivity index (χ0) is 18.6. The van der Waals surface area contributed by atoms with E-state index in [1.807, 2.05) is 37.3 Å². The lowest BCUT2D eigenvalue weighted by Gasteiger charge is -2.17. The van der Waals surface area contributed by atoms with E-state index >= 15 is 0 Å². The van der Waals surface area contributed by atoms with Gasteiger partial charge in [-0.25, -0.2) is 4.68 Å². The van der Waals surface area contributed by atoms with Gasteiger partial charge >= 0.3 is 0 Å². The molecule has 1 atom stereocenters. The summed E-state index contributed by atoms with van der Waals surface area (Å²) in [5.74, 6) is 0.295. The number of amides is 1. The van der Waals surface area contributed by atoms with Crippen LogP contribution in [0.3, 0.4) is 0 Å². The summed E-state index contributed by atoms with van der Waals surface area (Å²) in [6, 6.07) is 8.95. The molecule has 0 fully saturated rings. The average Bonchev–Trinajstić information content (AvgIpc) is 2.60. The fraction of sp³-hybridized carbons (Fsp3) is 0.333. The molecule has 1 N–H and O–H groups in total. The first-order chi connectivity index (χ1) is 11.9. The first-order valence-corrected chi connectivity index (χ1v) is 7.79. The molecular weight excluding hydrogens is 320 g/mol. The van der Waals surface area contributed by atoms with Gasteiger partial charge < -0.3 is 10.1 Å². The van der Waals surface area contributed by atoms with Crippen LogP contribution in [0.15, 0.2) is 29.1 Å². The molecule has 1 aromatic heterocycles. The first-order valence-electron chi connectivity index (χ1n) is 7.79. The van der Waals surface area contributed by atoms with Crippen molar-refractivity contribution in [1.29, 1.82) is 5.26 Å². The molecule has 2 aromatic rings. The van der Waals surface area contributed by atoms with Crippen molar-refractivity contribution < 1.29 is 9.53 Å². The maximum Gasteiger partial charge on any atom is 0.285 e. The highest BCUT2D eigenvalue weighted by molar-refractivity contribution is 5.76. The number of hydrogen-bond acceptors (Lipinski definition) is 5. The second-order valence-electron chi connectivity index (χ2n) is 5.69. The van der Waals surface area contributed by atoms with E-state index in [1.54, 1.807) is 21.0 Å². The number of nitrogens with zero attached hydrogens (tertiary/aromatic N) is 3. The Morgan fingerprint density at radius 2 is 2.08 bits per heavy atom. The number of aryl methyl sites for hydroxylation is 1. The number of carbonyl (C=O) groups excluding carboxylic acids is 1. The molecule has 0 aliphatic heterocycles. The van der Waals surface area contributed by atoms with Gasteiger partial charge in [0, 0.05) is 5.56 Å². The number of nitrogens with one attached hydrogen (secondary N) is 1. The molecule has 2 rings (SSSR count). The SMILES string of the molecule is COc1ccccc1[C@@H](C)NC(=O)Cn1nc(C)c(C)c(C#N)c1=O. The van der Waals surface area contributed by atoms with Crippen molar-refractivity contribution in [3.63, 3.8) is 0 Å². The van der Waals surface area contributed by atoms with Crippen LogP contribution in [0.1, 0.15) is 35.3 Å². The molecule has 1 amide bonds. The number of para-hydroxylation sites is 1. The van der Waals surface area contributed by atoms with Gasteiger partial charge in [0.05, 0.1) is 18.8 Å². The molecule has 0 unspecified atom stereocenters. The van der Waals surface area contributed by atoms with Gasteiger partial charge in [-0.05, 0) is 32.4 Å². The van der Waals surface area contributed by atoms with Gasteiger partial charge in [-0.2, -0.15) is 10.4 Å². The van der Waals surface area contributed by atoms with E-state index in [-0.39, 0.29) is 24.1 Å². The maximum atomic E-state index is 12.3. The fourth-order valence-corrected chi connectivity index (χ4v) is 2.54. The predicted molar refractivity (Wildman–Crippen MR) is 92.2 cm³/mol. The quantitative estimate of drug-likeness (QED) is 0.892. The van der Waals surface area contributed by atoms with Gasteiger partial charge in [-0.1, -0.05) is 18.2 Å². The zero-order valence-electron chi connectivity index (χ0n) is 14.7. The molecule has 0 bridgehead atoms. The fourth-order valence-electron chi connectivity index (χ4n) is 2.54. The Kier molecular flexibility index (Phi) is 5.55. The summed E-state index contributed by atoms with van der Waals surface area (Å²) in [7, 11) is 1.56. The highest BCUT2D eigenvalue weighted by Crippen LogP contribution is 2.24. The predicted octanol–water partition coefficient (Wildman–Crippen LogP) is 1.62. The Morgan fingerprint density at radius 1 is 1.40 bits per heavy atom. The average molecular weight is 340 g/mol. The van der Waals surface area contributed by atoms with Crippen molar-refractivity contribution in [2.45, 2.75) is 33.4 Å². The summed E-state index contributed by atoms with van der Waals surface area (Å²) in [5, 5.41) is 16.0. The Bertz CT molecular complexity index is 896. The molecule has 0 radical (unpaired) electrons. The van der Waals surface area contributed by atoms with E-state index in [4.69, 9.17) is 10.00 Å². The van der Waals surface area contributed by atoms with Crippen LogP contribution in [-0.2, 0) is 11.3 Å². The third kappa shape index (κ3) is 3.86. The van der Waals surface area contributed by atoms with Crippen LogP contribution in [0.5, 0.6) is 5.75 Å². The van der Waals surface area contributed by atoms with Crippen molar-refractivity contribution >= 4 is 5.91 Å². The molecule has 0 aliphatic rings. The van der Waals surface area contributed by atoms with Gasteiger partial charge in [0.25, 0.3) is 5.56 Å². The van der Waals surface area contributed by atoms with E-state index in [2.05, 4.69) is 10.4 Å². The van der Waals surface area contributed by atoms with Crippen LogP contribution in [-0.4, -0.2) is 22.8 Å². The number of nitriles is 1. The van der Waals surface area contributed by atoms with E-state index in [0.717, 1.165) is 10.2 Å². The standard InChI is InChI=1S/C18H20N4O3/c1-11-12(2)21-22(18(24)15(11)9-19)10-17(23)20-13(3)14-7-5-6-8-16(14)25-4/h5-8,13H,10H2,1-4H3,(H,20,23)/t13-/m1/s1. The monoisotopic (exact) mass is 340 g/mol. The number of methoxy groups -OCH3 is 1. The smallest absolute Gasteiger partial charge is 0.285 e. The molecule has 0 saturated carbocycles. The van der Waals surface area contributed by atoms with E-state index in [1.165, 1.54) is 0 Å². The molecule has 1 aromatic carbocycles. The van der Waals surface area contributed by atoms with Crippen LogP contribution in [0.2, 0.25) is 0 Å². The minimum Gasteiger partial charge on any atom is -0.496 e. The summed E-state index contributed by atoms with van der Waals surface area (Å²) in [5.41, 5.74) is 1.36. The topological polar surface area (TPSA) is 97.0 Å². The van der Waals surface area contributed by atoms with Crippen LogP contribution in [0, 0.1) is 25.2 Å². The number of hydrogen-bond donors (Lipinski definition) is 1. The Balaban J connectivity index is 2.20. The molecule has 0 saturated heterocycles. The molecule has 7 nitrogen and oxygen atoms in total. The Hall–Kier alpha value is -3.14. The molecule has 130 valence electrons. The van der Waals surface area contributed by atoms with Crippen LogP contribution < -0.4 is 15.6 Å². The molecule has 7 heteroatoms. The van der Waals surface area contributed by atoms with Gasteiger partial charge in [-0.3, -0.25) is 9.59 Å². The van der Waals surface area contributed by atoms with Gasteiger partial charge in [0.15, 0.2) is 0 Å². The molecule has 25 heavy (non-hydrogen) atoms. The summed E-state index contributed by atoms with van der Waals surface area (Å²) in [6.45, 7) is 4.93. The minimum absolute atomic E-state index is 0.0121. The van der Waals surface area contributed by atoms with E-state index < -0.39 is 5.56 Å². The number of carbonyl (C=O) groups is 1. The zero-order valence-corrected chi connectivity index (χ0v) is 14.7. The van der Waals surface area contributed by atoms with Gasteiger partial charge in [0.2, 0.25) is 5.91 Å². The van der Waals surface area contributed by atoms with Crippen LogP contribution in [0.4, 0.5) is 0 Å². The number of aromatic nitrogens is 2.